The maximum Gasteiger partial charge on any atom is 0.316 e. The summed E-state index contributed by atoms with van der Waals surface area (Å²) in [5.41, 5.74) is 0. The van der Waals surface area contributed by atoms with Crippen LogP contribution in [-0.2, 0) is 4.79 Å². The van der Waals surface area contributed by atoms with Crippen molar-refractivity contribution in [3.63, 3.8) is 0 Å². The lowest BCUT2D eigenvalue weighted by atomic mass is 9.83. The van der Waals surface area contributed by atoms with Crippen LogP contribution in [0.5, 0.6) is 6.01 Å². The Balaban J connectivity index is 1.49. The molecule has 1 aromatic rings. The van der Waals surface area contributed by atoms with Gasteiger partial charge in [-0.25, -0.2) is 9.97 Å². The molecule has 5 nitrogen and oxygen atoms in total. The Morgan fingerprint density at radius 2 is 2.05 bits per heavy atom. The molecule has 1 unspecified atom stereocenters. The minimum atomic E-state index is 0.291. The Kier molecular flexibility index (Phi) is 4.73. The summed E-state index contributed by atoms with van der Waals surface area (Å²) in [6, 6.07) is 0.403. The fourth-order valence-electron chi connectivity index (χ4n) is 2.88. The number of piperidine rings is 1. The standard InChI is InChI=1S/C15H20BrN3O2/c16-13-7-17-15(18-8-13)21-10-11-3-2-6-19(9-11)14(20)12-4-1-5-12/h7-8,11-12H,1-6,9-10H2. The summed E-state index contributed by atoms with van der Waals surface area (Å²) in [6.45, 7) is 2.29. The van der Waals surface area contributed by atoms with E-state index in [9.17, 15) is 4.79 Å². The van der Waals surface area contributed by atoms with Crippen LogP contribution in [0.4, 0.5) is 0 Å². The van der Waals surface area contributed by atoms with Crippen molar-refractivity contribution in [2.75, 3.05) is 19.7 Å². The van der Waals surface area contributed by atoms with Gasteiger partial charge in [-0.15, -0.1) is 0 Å². The Hall–Kier alpha value is -1.17. The molecular formula is C15H20BrN3O2. The highest BCUT2D eigenvalue weighted by Gasteiger charge is 2.32. The topological polar surface area (TPSA) is 55.3 Å². The van der Waals surface area contributed by atoms with Crippen LogP contribution in [0, 0.1) is 11.8 Å². The highest BCUT2D eigenvalue weighted by molar-refractivity contribution is 9.10. The number of likely N-dealkylation sites (tertiary alicyclic amines) is 1. The van der Waals surface area contributed by atoms with Crippen molar-refractivity contribution in [3.05, 3.63) is 16.9 Å². The molecule has 3 rings (SSSR count). The SMILES string of the molecule is O=C(C1CCC1)N1CCCC(COc2ncc(Br)cn2)C1. The van der Waals surface area contributed by atoms with Crippen LogP contribution in [-0.4, -0.2) is 40.5 Å². The van der Waals surface area contributed by atoms with E-state index in [0.29, 0.717) is 30.4 Å². The van der Waals surface area contributed by atoms with Crippen LogP contribution >= 0.6 is 15.9 Å². The molecule has 1 atom stereocenters. The summed E-state index contributed by atoms with van der Waals surface area (Å²) in [4.78, 5) is 22.5. The monoisotopic (exact) mass is 353 g/mol. The minimum absolute atomic E-state index is 0.291. The molecule has 0 bridgehead atoms. The number of rotatable bonds is 4. The molecule has 0 N–H and O–H groups in total. The lowest BCUT2D eigenvalue weighted by Gasteiger charge is -2.37. The number of ether oxygens (including phenoxy) is 1. The highest BCUT2D eigenvalue weighted by atomic mass is 79.9. The fraction of sp³-hybridized carbons (Fsp3) is 0.667. The van der Waals surface area contributed by atoms with Gasteiger partial charge < -0.3 is 9.64 Å². The average Bonchev–Trinajstić information content (AvgIpc) is 2.45. The Morgan fingerprint density at radius 1 is 1.29 bits per heavy atom. The van der Waals surface area contributed by atoms with Gasteiger partial charge in [0.2, 0.25) is 5.91 Å². The third-order valence-electron chi connectivity index (χ3n) is 4.33. The molecule has 21 heavy (non-hydrogen) atoms. The van der Waals surface area contributed by atoms with Crippen molar-refractivity contribution in [3.8, 4) is 6.01 Å². The summed E-state index contributed by atoms with van der Waals surface area (Å²) in [5, 5.41) is 0. The molecule has 0 radical (unpaired) electrons. The van der Waals surface area contributed by atoms with Crippen molar-refractivity contribution in [2.45, 2.75) is 32.1 Å². The smallest absolute Gasteiger partial charge is 0.316 e. The maximum atomic E-state index is 12.3. The molecule has 1 aromatic heterocycles. The molecule has 0 aromatic carbocycles. The lowest BCUT2D eigenvalue weighted by Crippen LogP contribution is -2.45. The van der Waals surface area contributed by atoms with Crippen molar-refractivity contribution in [2.24, 2.45) is 11.8 Å². The van der Waals surface area contributed by atoms with E-state index in [-0.39, 0.29) is 0 Å². The quantitative estimate of drug-likeness (QED) is 0.834. The Bertz CT molecular complexity index is 490. The van der Waals surface area contributed by atoms with Crippen LogP contribution in [0.2, 0.25) is 0 Å². The van der Waals surface area contributed by atoms with E-state index in [1.54, 1.807) is 12.4 Å². The first-order valence-corrected chi connectivity index (χ1v) is 8.41. The molecule has 6 heteroatoms. The number of carbonyl (C=O) groups is 1. The van der Waals surface area contributed by atoms with E-state index in [1.165, 1.54) is 6.42 Å². The van der Waals surface area contributed by atoms with Gasteiger partial charge in [0.15, 0.2) is 0 Å². The molecule has 2 fully saturated rings. The molecule has 1 aliphatic carbocycles. The molecule has 2 heterocycles. The predicted octanol–water partition coefficient (Wildman–Crippen LogP) is 2.66. The zero-order valence-corrected chi connectivity index (χ0v) is 13.6. The zero-order valence-electron chi connectivity index (χ0n) is 12.0. The number of hydrogen-bond acceptors (Lipinski definition) is 4. The van der Waals surface area contributed by atoms with Crippen LogP contribution in [0.3, 0.4) is 0 Å². The molecule has 1 amide bonds. The molecular weight excluding hydrogens is 334 g/mol. The third-order valence-corrected chi connectivity index (χ3v) is 4.74. The van der Waals surface area contributed by atoms with Crippen LogP contribution in [0.15, 0.2) is 16.9 Å². The summed E-state index contributed by atoms with van der Waals surface area (Å²) in [6.07, 6.45) is 8.87. The van der Waals surface area contributed by atoms with E-state index in [4.69, 9.17) is 4.74 Å². The van der Waals surface area contributed by atoms with Gasteiger partial charge in [0.05, 0.1) is 11.1 Å². The van der Waals surface area contributed by atoms with E-state index >= 15 is 0 Å². The van der Waals surface area contributed by atoms with Gasteiger partial charge in [-0.2, -0.15) is 0 Å². The first-order valence-electron chi connectivity index (χ1n) is 7.61. The number of carbonyl (C=O) groups excluding carboxylic acids is 1. The first kappa shape index (κ1) is 14.8. The average molecular weight is 354 g/mol. The molecule has 114 valence electrons. The highest BCUT2D eigenvalue weighted by Crippen LogP contribution is 2.30. The number of halogens is 1. The molecule has 1 saturated heterocycles. The lowest BCUT2D eigenvalue weighted by molar-refractivity contribution is -0.140. The molecule has 2 aliphatic rings. The van der Waals surface area contributed by atoms with Gasteiger partial charge in [0.1, 0.15) is 0 Å². The van der Waals surface area contributed by atoms with Crippen molar-refractivity contribution < 1.29 is 9.53 Å². The summed E-state index contributed by atoms with van der Waals surface area (Å²) >= 11 is 3.30. The first-order chi connectivity index (χ1) is 10.2. The predicted molar refractivity (Wildman–Crippen MR) is 81.9 cm³/mol. The van der Waals surface area contributed by atoms with Crippen LogP contribution < -0.4 is 4.74 Å². The minimum Gasteiger partial charge on any atom is -0.463 e. The van der Waals surface area contributed by atoms with Gasteiger partial charge in [-0.05, 0) is 41.6 Å². The second-order valence-electron chi connectivity index (χ2n) is 5.92. The largest absolute Gasteiger partial charge is 0.463 e. The summed E-state index contributed by atoms with van der Waals surface area (Å²) in [5.74, 6) is 1.03. The number of aromatic nitrogens is 2. The Morgan fingerprint density at radius 3 is 2.71 bits per heavy atom. The van der Waals surface area contributed by atoms with Gasteiger partial charge in [0.25, 0.3) is 0 Å². The van der Waals surface area contributed by atoms with Gasteiger partial charge in [-0.3, -0.25) is 4.79 Å². The molecule has 1 aliphatic heterocycles. The van der Waals surface area contributed by atoms with Gasteiger partial charge >= 0.3 is 6.01 Å². The van der Waals surface area contributed by atoms with Crippen LogP contribution in [0.25, 0.3) is 0 Å². The fourth-order valence-corrected chi connectivity index (χ4v) is 3.09. The number of nitrogens with zero attached hydrogens (tertiary/aromatic N) is 3. The maximum absolute atomic E-state index is 12.3. The van der Waals surface area contributed by atoms with E-state index in [2.05, 4.69) is 25.9 Å². The van der Waals surface area contributed by atoms with Gasteiger partial charge in [-0.1, -0.05) is 6.42 Å². The molecule has 0 spiro atoms. The number of hydrogen-bond donors (Lipinski definition) is 0. The van der Waals surface area contributed by atoms with E-state index < -0.39 is 0 Å². The van der Waals surface area contributed by atoms with Gasteiger partial charge in [0, 0.05) is 37.3 Å². The van der Waals surface area contributed by atoms with Crippen molar-refractivity contribution in [1.82, 2.24) is 14.9 Å². The second kappa shape index (κ2) is 6.73. The summed E-state index contributed by atoms with van der Waals surface area (Å²) < 4.78 is 6.49. The number of amides is 1. The van der Waals surface area contributed by atoms with Crippen molar-refractivity contribution in [1.29, 1.82) is 0 Å². The third kappa shape index (κ3) is 3.73. The van der Waals surface area contributed by atoms with Crippen LogP contribution in [0.1, 0.15) is 32.1 Å². The van der Waals surface area contributed by atoms with Crippen molar-refractivity contribution >= 4 is 21.8 Å². The van der Waals surface area contributed by atoms with E-state index in [0.717, 1.165) is 43.2 Å². The zero-order chi connectivity index (χ0) is 14.7. The Labute approximate surface area is 133 Å². The normalized spacial score (nSPS) is 22.7. The molecule has 1 saturated carbocycles. The second-order valence-corrected chi connectivity index (χ2v) is 6.83. The van der Waals surface area contributed by atoms with E-state index in [1.807, 2.05) is 4.90 Å². The summed E-state index contributed by atoms with van der Waals surface area (Å²) in [7, 11) is 0.